The number of rotatable bonds is 12. The van der Waals surface area contributed by atoms with Crippen LogP contribution in [0.4, 0.5) is 0 Å². The summed E-state index contributed by atoms with van der Waals surface area (Å²) in [6.45, 7) is 2.31. The van der Waals surface area contributed by atoms with Gasteiger partial charge in [0.15, 0.2) is 0 Å². The quantitative estimate of drug-likeness (QED) is 0.184. The molecular formula is C15H31KNNaO3. The number of hydrogen-bond acceptors (Lipinski definition) is 4. The molecule has 0 spiro atoms. The Kier molecular flexibility index (Phi) is 28.5. The predicted octanol–water partition coefficient (Wildman–Crippen LogP) is -2.57. The molecule has 0 radical (unpaired) electrons. The molecule has 1 N–H and O–H groups in total. The van der Waals surface area contributed by atoms with Crippen molar-refractivity contribution in [3.05, 3.63) is 0 Å². The molecule has 0 atom stereocenters. The number of ether oxygens (including phenoxy) is 1. The van der Waals surface area contributed by atoms with Gasteiger partial charge in [0, 0.05) is 6.42 Å². The summed E-state index contributed by atoms with van der Waals surface area (Å²) < 4.78 is 4.62. The number of esters is 2. The van der Waals surface area contributed by atoms with Crippen molar-refractivity contribution in [2.45, 2.75) is 71.1 Å². The Balaban J connectivity index is -0.000000270. The van der Waals surface area contributed by atoms with Crippen LogP contribution >= 0.6 is 0 Å². The van der Waals surface area contributed by atoms with Crippen LogP contribution in [0.1, 0.15) is 74.0 Å². The zero-order valence-electron chi connectivity index (χ0n) is 16.5. The first-order chi connectivity index (χ1) is 9.20. The van der Waals surface area contributed by atoms with Crippen LogP contribution in [0.5, 0.6) is 0 Å². The van der Waals surface area contributed by atoms with E-state index in [9.17, 15) is 9.59 Å². The standard InChI is InChI=1S/C15H29NO3.K.Na.2H/c1-3-4-5-6-7-8-9-10-11-12-14(17)19-15(18)13-16-2;;;;/h16H,3-13H2,1-2H3;;;;/q;2*+1;2*-1. The van der Waals surface area contributed by atoms with Crippen molar-refractivity contribution in [2.24, 2.45) is 0 Å². The van der Waals surface area contributed by atoms with Gasteiger partial charge in [0.1, 0.15) is 0 Å². The van der Waals surface area contributed by atoms with Crippen LogP contribution in [0.3, 0.4) is 0 Å². The van der Waals surface area contributed by atoms with Crippen molar-refractivity contribution < 1.29 is 98.1 Å². The molecule has 0 unspecified atom stereocenters. The summed E-state index contributed by atoms with van der Waals surface area (Å²) in [6, 6.07) is 0. The summed E-state index contributed by atoms with van der Waals surface area (Å²) >= 11 is 0. The monoisotopic (exact) mass is 335 g/mol. The first kappa shape index (κ1) is 27.6. The molecule has 4 nitrogen and oxygen atoms in total. The molecule has 0 rings (SSSR count). The minimum Gasteiger partial charge on any atom is -1.00 e. The van der Waals surface area contributed by atoms with Gasteiger partial charge in [-0.05, 0) is 13.5 Å². The zero-order valence-corrected chi connectivity index (χ0v) is 19.6. The molecule has 6 heteroatoms. The van der Waals surface area contributed by atoms with Crippen LogP contribution in [0.25, 0.3) is 0 Å². The van der Waals surface area contributed by atoms with Gasteiger partial charge in [-0.2, -0.15) is 0 Å². The van der Waals surface area contributed by atoms with Crippen molar-refractivity contribution in [3.63, 3.8) is 0 Å². The fraction of sp³-hybridized carbons (Fsp3) is 0.867. The molecule has 0 aliphatic rings. The van der Waals surface area contributed by atoms with Gasteiger partial charge in [0.2, 0.25) is 0 Å². The van der Waals surface area contributed by atoms with Crippen molar-refractivity contribution in [1.82, 2.24) is 5.32 Å². The third-order valence-electron chi connectivity index (χ3n) is 3.03. The number of likely N-dealkylation sites (N-methyl/N-ethyl adjacent to an activating group) is 1. The summed E-state index contributed by atoms with van der Waals surface area (Å²) in [7, 11) is 1.65. The fourth-order valence-electron chi connectivity index (χ4n) is 1.94. The van der Waals surface area contributed by atoms with E-state index in [-0.39, 0.29) is 90.3 Å². The third kappa shape index (κ3) is 21.7. The number of carbonyl (C=O) groups is 2. The summed E-state index contributed by atoms with van der Waals surface area (Å²) in [5.74, 6) is -0.897. The van der Waals surface area contributed by atoms with Gasteiger partial charge in [-0.3, -0.25) is 9.59 Å². The van der Waals surface area contributed by atoms with E-state index in [4.69, 9.17) is 0 Å². The SMILES string of the molecule is CCCCCCCCCCCC(=O)OC(=O)CNC.[H-].[H-].[K+].[Na+]. The van der Waals surface area contributed by atoms with E-state index in [2.05, 4.69) is 17.0 Å². The van der Waals surface area contributed by atoms with E-state index in [0.717, 1.165) is 12.8 Å². The maximum atomic E-state index is 11.3. The summed E-state index contributed by atoms with van der Waals surface area (Å²) in [5, 5.41) is 2.65. The fourth-order valence-corrected chi connectivity index (χ4v) is 1.94. The molecule has 0 amide bonds. The van der Waals surface area contributed by atoms with Crippen LogP contribution < -0.4 is 86.3 Å². The van der Waals surface area contributed by atoms with E-state index in [1.807, 2.05) is 0 Å². The van der Waals surface area contributed by atoms with Crippen LogP contribution in [0.2, 0.25) is 0 Å². The molecule has 0 aromatic heterocycles. The smallest absolute Gasteiger partial charge is 1.00 e. The van der Waals surface area contributed by atoms with Crippen LogP contribution in [0, 0.1) is 0 Å². The topological polar surface area (TPSA) is 55.4 Å². The molecule has 0 saturated carbocycles. The Hall–Kier alpha value is 1.74. The van der Waals surface area contributed by atoms with E-state index < -0.39 is 11.9 Å². The van der Waals surface area contributed by atoms with Crippen LogP contribution in [0.15, 0.2) is 0 Å². The average molecular weight is 336 g/mol. The van der Waals surface area contributed by atoms with E-state index >= 15 is 0 Å². The van der Waals surface area contributed by atoms with Crippen LogP contribution in [-0.4, -0.2) is 25.5 Å². The van der Waals surface area contributed by atoms with Gasteiger partial charge in [0.05, 0.1) is 6.54 Å². The maximum absolute atomic E-state index is 11.3. The van der Waals surface area contributed by atoms with Gasteiger partial charge >= 0.3 is 92.9 Å². The summed E-state index contributed by atoms with van der Waals surface area (Å²) in [6.07, 6.45) is 11.2. The van der Waals surface area contributed by atoms with E-state index in [0.29, 0.717) is 6.42 Å². The summed E-state index contributed by atoms with van der Waals surface area (Å²) in [5.41, 5.74) is 0. The second-order valence-electron chi connectivity index (χ2n) is 4.95. The molecule has 0 fully saturated rings. The Morgan fingerprint density at radius 3 is 1.86 bits per heavy atom. The zero-order chi connectivity index (χ0) is 14.3. The molecule has 0 saturated heterocycles. The number of nitrogens with one attached hydrogen (secondary N) is 1. The second-order valence-corrected chi connectivity index (χ2v) is 4.95. The van der Waals surface area contributed by atoms with Gasteiger partial charge in [-0.15, -0.1) is 0 Å². The van der Waals surface area contributed by atoms with Gasteiger partial charge < -0.3 is 12.9 Å². The van der Waals surface area contributed by atoms with E-state index in [1.165, 1.54) is 44.9 Å². The molecule has 21 heavy (non-hydrogen) atoms. The first-order valence-electron chi connectivity index (χ1n) is 7.58. The number of hydrogen-bond donors (Lipinski definition) is 1. The normalized spacial score (nSPS) is 9.43. The molecule has 0 aliphatic carbocycles. The van der Waals surface area contributed by atoms with E-state index in [1.54, 1.807) is 7.05 Å². The third-order valence-corrected chi connectivity index (χ3v) is 3.03. The largest absolute Gasteiger partial charge is 1.00 e. The molecule has 0 aromatic rings. The average Bonchev–Trinajstić information content (AvgIpc) is 2.37. The minimum atomic E-state index is -0.497. The van der Waals surface area contributed by atoms with Crippen molar-refractivity contribution in [1.29, 1.82) is 0 Å². The number of carbonyl (C=O) groups excluding carboxylic acids is 2. The van der Waals surface area contributed by atoms with Gasteiger partial charge in [-0.1, -0.05) is 58.3 Å². The molecule has 0 aromatic carbocycles. The Morgan fingerprint density at radius 1 is 0.905 bits per heavy atom. The van der Waals surface area contributed by atoms with Crippen molar-refractivity contribution >= 4 is 11.9 Å². The molecule has 0 heterocycles. The van der Waals surface area contributed by atoms with Gasteiger partial charge in [0.25, 0.3) is 0 Å². The molecular weight excluding hydrogens is 304 g/mol. The Morgan fingerprint density at radius 2 is 1.38 bits per heavy atom. The van der Waals surface area contributed by atoms with Crippen molar-refractivity contribution in [2.75, 3.05) is 13.6 Å². The number of unbranched alkanes of at least 4 members (excludes halogenated alkanes) is 8. The molecule has 0 aliphatic heterocycles. The molecule has 0 bridgehead atoms. The maximum Gasteiger partial charge on any atom is 1.00 e. The van der Waals surface area contributed by atoms with Gasteiger partial charge in [-0.25, -0.2) is 0 Å². The minimum absolute atomic E-state index is 0. The van der Waals surface area contributed by atoms with Crippen LogP contribution in [-0.2, 0) is 14.3 Å². The predicted molar refractivity (Wildman–Crippen MR) is 79.1 cm³/mol. The Labute approximate surface area is 197 Å². The second kappa shape index (κ2) is 21.7. The Bertz CT molecular complexity index is 263. The summed E-state index contributed by atoms with van der Waals surface area (Å²) in [4.78, 5) is 22.3. The first-order valence-corrected chi connectivity index (χ1v) is 7.58. The van der Waals surface area contributed by atoms with Crippen molar-refractivity contribution in [3.8, 4) is 0 Å². The molecule has 116 valence electrons.